The summed E-state index contributed by atoms with van der Waals surface area (Å²) in [7, 11) is -2.50. The van der Waals surface area contributed by atoms with E-state index in [-0.39, 0.29) is 6.54 Å². The van der Waals surface area contributed by atoms with Crippen LogP contribution in [-0.2, 0) is 34.1 Å². The first kappa shape index (κ1) is 18.4. The minimum atomic E-state index is -4.60. The fourth-order valence-electron chi connectivity index (χ4n) is 2.10. The van der Waals surface area contributed by atoms with Crippen molar-refractivity contribution in [1.82, 2.24) is 4.72 Å². The second kappa shape index (κ2) is 7.33. The van der Waals surface area contributed by atoms with E-state index >= 15 is 0 Å². The van der Waals surface area contributed by atoms with Gasteiger partial charge in [-0.3, -0.25) is 0 Å². The number of ether oxygens (including phenoxy) is 1. The average molecular weight is 359 g/mol. The molecule has 0 saturated heterocycles. The van der Waals surface area contributed by atoms with E-state index in [0.717, 1.165) is 23.8 Å². The summed E-state index contributed by atoms with van der Waals surface area (Å²) in [6.07, 6.45) is -4.60. The Kier molecular flexibility index (Phi) is 5.63. The van der Waals surface area contributed by atoms with Crippen molar-refractivity contribution in [3.8, 4) is 0 Å². The van der Waals surface area contributed by atoms with Crippen LogP contribution >= 0.6 is 0 Å². The summed E-state index contributed by atoms with van der Waals surface area (Å²) in [5.41, 5.74) is 0.542. The molecule has 2 rings (SSSR count). The third-order valence-electron chi connectivity index (χ3n) is 3.24. The number of nitrogens with one attached hydrogen (secondary N) is 1. The molecule has 0 bridgehead atoms. The topological polar surface area (TPSA) is 55.4 Å². The Bertz CT molecular complexity index is 804. The van der Waals surface area contributed by atoms with Crippen molar-refractivity contribution in [2.45, 2.75) is 24.2 Å². The molecule has 2 aromatic rings. The zero-order chi connectivity index (χ0) is 17.8. The van der Waals surface area contributed by atoms with Crippen LogP contribution in [0.1, 0.15) is 16.7 Å². The molecule has 0 aliphatic heterocycles. The van der Waals surface area contributed by atoms with Gasteiger partial charge in [-0.25, -0.2) is 13.1 Å². The van der Waals surface area contributed by atoms with Crippen LogP contribution in [0.5, 0.6) is 0 Å². The van der Waals surface area contributed by atoms with Gasteiger partial charge in [-0.2, -0.15) is 13.2 Å². The largest absolute Gasteiger partial charge is 0.416 e. The molecule has 4 nitrogen and oxygen atoms in total. The lowest BCUT2D eigenvalue weighted by molar-refractivity contribution is -0.137. The van der Waals surface area contributed by atoms with E-state index in [0.29, 0.717) is 18.2 Å². The predicted octanol–water partition coefficient (Wildman–Crippen LogP) is 3.33. The Morgan fingerprint density at radius 2 is 1.71 bits per heavy atom. The Labute approximate surface area is 138 Å². The standard InChI is InChI=1S/C16H16F3NO3S/c1-23-11-13-5-2-4-12(8-13)10-20-24(21,22)15-7-3-6-14(9-15)16(17,18)19/h2-9,20H,10-11H2,1H3. The predicted molar refractivity (Wildman–Crippen MR) is 82.6 cm³/mol. The maximum absolute atomic E-state index is 12.7. The quantitative estimate of drug-likeness (QED) is 0.861. The minimum Gasteiger partial charge on any atom is -0.380 e. The minimum absolute atomic E-state index is 0.0316. The summed E-state index contributed by atoms with van der Waals surface area (Å²) in [5.74, 6) is 0. The van der Waals surface area contributed by atoms with E-state index in [1.54, 1.807) is 25.3 Å². The molecule has 0 aliphatic carbocycles. The van der Waals surface area contributed by atoms with Crippen molar-refractivity contribution in [3.05, 3.63) is 65.2 Å². The van der Waals surface area contributed by atoms with E-state index in [1.807, 2.05) is 6.07 Å². The normalized spacial score (nSPS) is 12.3. The second-order valence-corrected chi connectivity index (χ2v) is 6.87. The van der Waals surface area contributed by atoms with E-state index in [1.165, 1.54) is 0 Å². The van der Waals surface area contributed by atoms with Crippen molar-refractivity contribution in [2.24, 2.45) is 0 Å². The lowest BCUT2D eigenvalue weighted by atomic mass is 10.1. The van der Waals surface area contributed by atoms with Crippen LogP contribution < -0.4 is 4.72 Å². The zero-order valence-electron chi connectivity index (χ0n) is 12.8. The van der Waals surface area contributed by atoms with Crippen molar-refractivity contribution in [1.29, 1.82) is 0 Å². The summed E-state index contributed by atoms with van der Waals surface area (Å²) < 4.78 is 69.8. The van der Waals surface area contributed by atoms with Crippen molar-refractivity contribution < 1.29 is 26.3 Å². The molecule has 1 N–H and O–H groups in total. The molecule has 2 aromatic carbocycles. The van der Waals surface area contributed by atoms with Gasteiger partial charge >= 0.3 is 6.18 Å². The molecular weight excluding hydrogens is 343 g/mol. The highest BCUT2D eigenvalue weighted by molar-refractivity contribution is 7.89. The number of methoxy groups -OCH3 is 1. The highest BCUT2D eigenvalue weighted by Gasteiger charge is 2.31. The van der Waals surface area contributed by atoms with E-state index in [4.69, 9.17) is 4.74 Å². The molecule has 0 unspecified atom stereocenters. The smallest absolute Gasteiger partial charge is 0.380 e. The third-order valence-corrected chi connectivity index (χ3v) is 4.64. The lowest BCUT2D eigenvalue weighted by Crippen LogP contribution is -2.23. The monoisotopic (exact) mass is 359 g/mol. The first-order valence-electron chi connectivity index (χ1n) is 6.96. The molecule has 0 amide bonds. The molecule has 0 aromatic heterocycles. The molecular formula is C16H16F3NO3S. The molecule has 8 heteroatoms. The molecule has 0 fully saturated rings. The molecule has 130 valence electrons. The van der Waals surface area contributed by atoms with Gasteiger partial charge < -0.3 is 4.74 Å². The summed E-state index contributed by atoms with van der Waals surface area (Å²) in [6.45, 7) is 0.352. The maximum Gasteiger partial charge on any atom is 0.416 e. The molecule has 0 atom stereocenters. The average Bonchev–Trinajstić information content (AvgIpc) is 2.53. The molecule has 24 heavy (non-hydrogen) atoms. The van der Waals surface area contributed by atoms with Crippen LogP contribution in [0.2, 0.25) is 0 Å². The number of hydrogen-bond donors (Lipinski definition) is 1. The van der Waals surface area contributed by atoms with Gasteiger partial charge in [0.25, 0.3) is 0 Å². The number of rotatable bonds is 6. The van der Waals surface area contributed by atoms with Gasteiger partial charge in [-0.1, -0.05) is 30.3 Å². The maximum atomic E-state index is 12.7. The first-order chi connectivity index (χ1) is 11.2. The van der Waals surface area contributed by atoms with E-state index in [2.05, 4.69) is 4.72 Å². The van der Waals surface area contributed by atoms with Crippen LogP contribution in [0.4, 0.5) is 13.2 Å². The van der Waals surface area contributed by atoms with Crippen molar-refractivity contribution >= 4 is 10.0 Å². The van der Waals surface area contributed by atoms with Gasteiger partial charge in [0.1, 0.15) is 0 Å². The fraction of sp³-hybridized carbons (Fsp3) is 0.250. The molecule has 0 heterocycles. The van der Waals surface area contributed by atoms with E-state index < -0.39 is 26.7 Å². The van der Waals surface area contributed by atoms with E-state index in [9.17, 15) is 21.6 Å². The van der Waals surface area contributed by atoms with Gasteiger partial charge in [-0.05, 0) is 29.3 Å². The highest BCUT2D eigenvalue weighted by atomic mass is 32.2. The number of sulfonamides is 1. The Morgan fingerprint density at radius 3 is 2.38 bits per heavy atom. The number of alkyl halides is 3. The lowest BCUT2D eigenvalue weighted by Gasteiger charge is -2.11. The van der Waals surface area contributed by atoms with Gasteiger partial charge in [0.05, 0.1) is 17.1 Å². The zero-order valence-corrected chi connectivity index (χ0v) is 13.6. The van der Waals surface area contributed by atoms with Crippen LogP contribution in [0, 0.1) is 0 Å². The Balaban J connectivity index is 2.16. The van der Waals surface area contributed by atoms with Crippen LogP contribution in [0.15, 0.2) is 53.4 Å². The molecule has 0 aliphatic rings. The SMILES string of the molecule is COCc1cccc(CNS(=O)(=O)c2cccc(C(F)(F)F)c2)c1. The number of halogens is 3. The Morgan fingerprint density at radius 1 is 1.04 bits per heavy atom. The first-order valence-corrected chi connectivity index (χ1v) is 8.44. The second-order valence-electron chi connectivity index (χ2n) is 5.10. The number of benzene rings is 2. The van der Waals surface area contributed by atoms with Crippen LogP contribution in [-0.4, -0.2) is 15.5 Å². The molecule has 0 saturated carbocycles. The third kappa shape index (κ3) is 4.80. The summed E-state index contributed by atoms with van der Waals surface area (Å²) in [6, 6.07) is 10.7. The van der Waals surface area contributed by atoms with Crippen LogP contribution in [0.3, 0.4) is 0 Å². The van der Waals surface area contributed by atoms with Crippen molar-refractivity contribution in [2.75, 3.05) is 7.11 Å². The molecule has 0 spiro atoms. The van der Waals surface area contributed by atoms with Gasteiger partial charge in [0.2, 0.25) is 10.0 Å². The van der Waals surface area contributed by atoms with Gasteiger partial charge in [-0.15, -0.1) is 0 Å². The summed E-state index contributed by atoms with van der Waals surface area (Å²) >= 11 is 0. The highest BCUT2D eigenvalue weighted by Crippen LogP contribution is 2.30. The number of hydrogen-bond acceptors (Lipinski definition) is 3. The van der Waals surface area contributed by atoms with Gasteiger partial charge in [0, 0.05) is 13.7 Å². The summed E-state index contributed by atoms with van der Waals surface area (Å²) in [5, 5.41) is 0. The van der Waals surface area contributed by atoms with Gasteiger partial charge in [0.15, 0.2) is 0 Å². The summed E-state index contributed by atoms with van der Waals surface area (Å²) in [4.78, 5) is -0.426. The molecule has 0 radical (unpaired) electrons. The Hall–Kier alpha value is -1.90. The van der Waals surface area contributed by atoms with Crippen molar-refractivity contribution in [3.63, 3.8) is 0 Å². The fourth-order valence-corrected chi connectivity index (χ4v) is 3.16. The van der Waals surface area contributed by atoms with Crippen LogP contribution in [0.25, 0.3) is 0 Å².